The molecule has 1 unspecified atom stereocenters. The van der Waals surface area contributed by atoms with E-state index in [4.69, 9.17) is 0 Å². The number of aromatic nitrogens is 1. The van der Waals surface area contributed by atoms with Crippen molar-refractivity contribution in [1.29, 1.82) is 0 Å². The molecule has 1 aliphatic heterocycles. The summed E-state index contributed by atoms with van der Waals surface area (Å²) < 4.78 is 13.8. The van der Waals surface area contributed by atoms with Crippen molar-refractivity contribution in [3.05, 3.63) is 65.7 Å². The molecule has 0 saturated carbocycles. The van der Waals surface area contributed by atoms with Crippen LogP contribution in [0.25, 0.3) is 0 Å². The smallest absolute Gasteiger partial charge is 0.126 e. The summed E-state index contributed by atoms with van der Waals surface area (Å²) in [5.41, 5.74) is 2.13. The molecule has 2 aromatic rings. The van der Waals surface area contributed by atoms with Crippen molar-refractivity contribution in [1.82, 2.24) is 9.88 Å². The van der Waals surface area contributed by atoms with Gasteiger partial charge in [-0.05, 0) is 42.3 Å². The number of pyridine rings is 1. The number of benzene rings is 1. The SMILES string of the molecule is Fc1ccccc1C1CCN(Cc2ccncc2)C1. The predicted octanol–water partition coefficient (Wildman–Crippen LogP) is 3.21. The second kappa shape index (κ2) is 5.49. The molecule has 0 bridgehead atoms. The minimum Gasteiger partial charge on any atom is -0.298 e. The summed E-state index contributed by atoms with van der Waals surface area (Å²) in [6.45, 7) is 2.89. The van der Waals surface area contributed by atoms with Crippen molar-refractivity contribution in [2.24, 2.45) is 0 Å². The highest BCUT2D eigenvalue weighted by atomic mass is 19.1. The summed E-state index contributed by atoms with van der Waals surface area (Å²) in [4.78, 5) is 6.41. The Kier molecular flexibility index (Phi) is 3.56. The lowest BCUT2D eigenvalue weighted by atomic mass is 9.98. The Labute approximate surface area is 112 Å². The first kappa shape index (κ1) is 12.3. The van der Waals surface area contributed by atoms with Crippen molar-refractivity contribution >= 4 is 0 Å². The highest BCUT2D eigenvalue weighted by Gasteiger charge is 2.25. The molecule has 1 aromatic carbocycles. The molecule has 1 saturated heterocycles. The molecule has 1 fully saturated rings. The predicted molar refractivity (Wildman–Crippen MR) is 73.3 cm³/mol. The van der Waals surface area contributed by atoms with Crippen molar-refractivity contribution in [2.45, 2.75) is 18.9 Å². The zero-order valence-electron chi connectivity index (χ0n) is 10.8. The van der Waals surface area contributed by atoms with E-state index in [1.165, 1.54) is 5.56 Å². The van der Waals surface area contributed by atoms with Crippen LogP contribution < -0.4 is 0 Å². The molecule has 3 heteroatoms. The third kappa shape index (κ3) is 2.82. The molecule has 1 aromatic heterocycles. The van der Waals surface area contributed by atoms with Crippen LogP contribution in [0, 0.1) is 5.82 Å². The third-order valence-corrected chi connectivity index (χ3v) is 3.77. The number of hydrogen-bond donors (Lipinski definition) is 0. The van der Waals surface area contributed by atoms with Gasteiger partial charge in [0.05, 0.1) is 0 Å². The van der Waals surface area contributed by atoms with E-state index in [2.05, 4.69) is 9.88 Å². The lowest BCUT2D eigenvalue weighted by molar-refractivity contribution is 0.326. The minimum absolute atomic E-state index is 0.0711. The Bertz CT molecular complexity index is 541. The molecule has 2 nitrogen and oxygen atoms in total. The van der Waals surface area contributed by atoms with Gasteiger partial charge in [0.1, 0.15) is 5.82 Å². The molecular weight excluding hydrogens is 239 g/mol. The quantitative estimate of drug-likeness (QED) is 0.838. The van der Waals surface area contributed by atoms with Crippen LogP contribution in [-0.2, 0) is 6.54 Å². The lowest BCUT2D eigenvalue weighted by Gasteiger charge is -2.16. The average Bonchev–Trinajstić information content (AvgIpc) is 2.89. The monoisotopic (exact) mass is 256 g/mol. The van der Waals surface area contributed by atoms with E-state index in [1.807, 2.05) is 36.7 Å². The first-order chi connectivity index (χ1) is 9.33. The number of nitrogens with zero attached hydrogens (tertiary/aromatic N) is 2. The molecular formula is C16H17FN2. The second-order valence-electron chi connectivity index (χ2n) is 5.10. The van der Waals surface area contributed by atoms with Crippen molar-refractivity contribution in [3.8, 4) is 0 Å². The molecule has 0 radical (unpaired) electrons. The number of likely N-dealkylation sites (tertiary alicyclic amines) is 1. The standard InChI is InChI=1S/C16H17FN2/c17-16-4-2-1-3-15(16)14-7-10-19(12-14)11-13-5-8-18-9-6-13/h1-6,8-9,14H,7,10-12H2. The van der Waals surface area contributed by atoms with Gasteiger partial charge in [0.25, 0.3) is 0 Å². The van der Waals surface area contributed by atoms with Crippen molar-refractivity contribution < 1.29 is 4.39 Å². The summed E-state index contributed by atoms with van der Waals surface area (Å²) in [7, 11) is 0. The van der Waals surface area contributed by atoms with Crippen LogP contribution in [0.5, 0.6) is 0 Å². The average molecular weight is 256 g/mol. The van der Waals surface area contributed by atoms with Gasteiger partial charge in [-0.2, -0.15) is 0 Å². The Morgan fingerprint density at radius 3 is 2.74 bits per heavy atom. The van der Waals surface area contributed by atoms with Gasteiger partial charge in [0, 0.05) is 31.4 Å². The van der Waals surface area contributed by atoms with Crippen LogP contribution in [0.4, 0.5) is 4.39 Å². The van der Waals surface area contributed by atoms with E-state index in [-0.39, 0.29) is 5.82 Å². The molecule has 0 spiro atoms. The fraction of sp³-hybridized carbons (Fsp3) is 0.312. The maximum atomic E-state index is 13.8. The zero-order valence-corrected chi connectivity index (χ0v) is 10.8. The van der Waals surface area contributed by atoms with Crippen LogP contribution in [0.3, 0.4) is 0 Å². The lowest BCUT2D eigenvalue weighted by Crippen LogP contribution is -2.19. The fourth-order valence-corrected chi connectivity index (χ4v) is 2.78. The highest BCUT2D eigenvalue weighted by Crippen LogP contribution is 2.29. The zero-order chi connectivity index (χ0) is 13.1. The van der Waals surface area contributed by atoms with E-state index in [0.29, 0.717) is 5.92 Å². The van der Waals surface area contributed by atoms with Crippen LogP contribution in [0.1, 0.15) is 23.5 Å². The van der Waals surface area contributed by atoms with Crippen LogP contribution >= 0.6 is 0 Å². The molecule has 1 aliphatic rings. The molecule has 0 N–H and O–H groups in total. The minimum atomic E-state index is -0.0711. The van der Waals surface area contributed by atoms with Gasteiger partial charge in [0.2, 0.25) is 0 Å². The molecule has 3 rings (SSSR count). The van der Waals surface area contributed by atoms with Gasteiger partial charge in [-0.25, -0.2) is 4.39 Å². The van der Waals surface area contributed by atoms with Gasteiger partial charge in [0.15, 0.2) is 0 Å². The molecule has 0 amide bonds. The van der Waals surface area contributed by atoms with Crippen molar-refractivity contribution in [2.75, 3.05) is 13.1 Å². The molecule has 2 heterocycles. The Morgan fingerprint density at radius 2 is 1.95 bits per heavy atom. The summed E-state index contributed by atoms with van der Waals surface area (Å²) in [5, 5.41) is 0. The van der Waals surface area contributed by atoms with Crippen LogP contribution in [0.15, 0.2) is 48.8 Å². The van der Waals surface area contributed by atoms with Crippen molar-refractivity contribution in [3.63, 3.8) is 0 Å². The summed E-state index contributed by atoms with van der Waals surface area (Å²) in [6.07, 6.45) is 4.67. The van der Waals surface area contributed by atoms with Gasteiger partial charge >= 0.3 is 0 Å². The van der Waals surface area contributed by atoms with Crippen LogP contribution in [-0.4, -0.2) is 23.0 Å². The third-order valence-electron chi connectivity index (χ3n) is 3.77. The van der Waals surface area contributed by atoms with Gasteiger partial charge in [-0.3, -0.25) is 9.88 Å². The normalized spacial score (nSPS) is 19.7. The fourth-order valence-electron chi connectivity index (χ4n) is 2.78. The summed E-state index contributed by atoms with van der Waals surface area (Å²) >= 11 is 0. The van der Waals surface area contributed by atoms with E-state index < -0.39 is 0 Å². The Morgan fingerprint density at radius 1 is 1.16 bits per heavy atom. The Balaban J connectivity index is 1.66. The topological polar surface area (TPSA) is 16.1 Å². The maximum absolute atomic E-state index is 13.8. The Hall–Kier alpha value is -1.74. The van der Waals surface area contributed by atoms with E-state index in [0.717, 1.165) is 31.6 Å². The number of rotatable bonds is 3. The largest absolute Gasteiger partial charge is 0.298 e. The first-order valence-corrected chi connectivity index (χ1v) is 6.68. The molecule has 1 atom stereocenters. The van der Waals surface area contributed by atoms with Crippen LogP contribution in [0.2, 0.25) is 0 Å². The number of hydrogen-bond acceptors (Lipinski definition) is 2. The van der Waals surface area contributed by atoms with E-state index in [9.17, 15) is 4.39 Å². The maximum Gasteiger partial charge on any atom is 0.126 e. The molecule has 19 heavy (non-hydrogen) atoms. The van der Waals surface area contributed by atoms with Gasteiger partial charge < -0.3 is 0 Å². The molecule has 0 aliphatic carbocycles. The highest BCUT2D eigenvalue weighted by molar-refractivity contribution is 5.23. The van der Waals surface area contributed by atoms with E-state index in [1.54, 1.807) is 12.1 Å². The number of halogens is 1. The summed E-state index contributed by atoms with van der Waals surface area (Å²) in [5.74, 6) is 0.251. The van der Waals surface area contributed by atoms with E-state index >= 15 is 0 Å². The van der Waals surface area contributed by atoms with Gasteiger partial charge in [-0.15, -0.1) is 0 Å². The van der Waals surface area contributed by atoms with Gasteiger partial charge in [-0.1, -0.05) is 18.2 Å². The first-order valence-electron chi connectivity index (χ1n) is 6.68. The summed E-state index contributed by atoms with van der Waals surface area (Å²) in [6, 6.07) is 11.2. The second-order valence-corrected chi connectivity index (χ2v) is 5.10. The molecule has 98 valence electrons.